The van der Waals surface area contributed by atoms with Crippen molar-refractivity contribution in [3.63, 3.8) is 0 Å². The Labute approximate surface area is 110 Å². The number of sulfonamides is 1. The van der Waals surface area contributed by atoms with Crippen LogP contribution in [0.5, 0.6) is 0 Å². The van der Waals surface area contributed by atoms with Gasteiger partial charge < -0.3 is 5.32 Å². The van der Waals surface area contributed by atoms with Gasteiger partial charge in [-0.2, -0.15) is 4.31 Å². The maximum absolute atomic E-state index is 12.2. The number of nitrogens with one attached hydrogen (secondary N) is 1. The molecule has 7 heteroatoms. The molecule has 1 spiro atoms. The van der Waals surface area contributed by atoms with E-state index in [1.165, 1.54) is 16.4 Å². The number of nitrogens with zero attached hydrogens (tertiary/aromatic N) is 1. The Bertz CT molecular complexity index is 648. The van der Waals surface area contributed by atoms with Crippen LogP contribution in [0.1, 0.15) is 6.42 Å². The molecular weight excluding hydrogens is 268 g/mol. The van der Waals surface area contributed by atoms with Crippen molar-refractivity contribution in [1.82, 2.24) is 9.62 Å². The summed E-state index contributed by atoms with van der Waals surface area (Å²) >= 11 is 0. The molecule has 0 radical (unpaired) electrons. The van der Waals surface area contributed by atoms with E-state index in [1.54, 1.807) is 18.2 Å². The average molecular weight is 280 g/mol. The van der Waals surface area contributed by atoms with Gasteiger partial charge in [-0.25, -0.2) is 8.42 Å². The second-order valence-corrected chi connectivity index (χ2v) is 6.75. The molecule has 2 aliphatic rings. The van der Waals surface area contributed by atoms with E-state index < -0.39 is 15.6 Å². The molecule has 2 heterocycles. The monoisotopic (exact) mass is 280 g/mol. The van der Waals surface area contributed by atoms with E-state index in [9.17, 15) is 18.0 Å². The van der Waals surface area contributed by atoms with Gasteiger partial charge in [0.2, 0.25) is 15.9 Å². The topological polar surface area (TPSA) is 83.6 Å². The molecule has 0 aromatic heterocycles. The van der Waals surface area contributed by atoms with Crippen molar-refractivity contribution in [3.8, 4) is 0 Å². The number of benzene rings is 1. The fourth-order valence-corrected chi connectivity index (χ4v) is 4.00. The molecule has 1 aromatic rings. The lowest BCUT2D eigenvalue weighted by atomic mass is 9.90. The van der Waals surface area contributed by atoms with Crippen molar-refractivity contribution in [2.45, 2.75) is 16.9 Å². The highest BCUT2D eigenvalue weighted by Crippen LogP contribution is 2.32. The zero-order valence-electron chi connectivity index (χ0n) is 10.00. The molecular formula is C12H12N2O4S. The van der Waals surface area contributed by atoms with Crippen LogP contribution in [0.2, 0.25) is 0 Å². The highest BCUT2D eigenvalue weighted by molar-refractivity contribution is 7.89. The van der Waals surface area contributed by atoms with Gasteiger partial charge in [-0.15, -0.1) is 0 Å². The Kier molecular flexibility index (Phi) is 2.51. The van der Waals surface area contributed by atoms with Crippen molar-refractivity contribution in [2.75, 3.05) is 13.1 Å². The van der Waals surface area contributed by atoms with Crippen molar-refractivity contribution >= 4 is 21.7 Å². The van der Waals surface area contributed by atoms with Gasteiger partial charge in [0.25, 0.3) is 0 Å². The molecule has 3 rings (SSSR count). The van der Waals surface area contributed by atoms with Crippen molar-refractivity contribution < 1.29 is 18.0 Å². The van der Waals surface area contributed by atoms with E-state index in [0.29, 0.717) is 0 Å². The number of ketones is 1. The van der Waals surface area contributed by atoms with Gasteiger partial charge in [0, 0.05) is 13.1 Å². The molecule has 1 amide bonds. The van der Waals surface area contributed by atoms with Crippen LogP contribution in [0.3, 0.4) is 0 Å². The van der Waals surface area contributed by atoms with Gasteiger partial charge in [0.05, 0.1) is 11.3 Å². The minimum atomic E-state index is -3.58. The van der Waals surface area contributed by atoms with Crippen LogP contribution in [0.25, 0.3) is 0 Å². The SMILES string of the molecule is O=C1CC(=O)C2(CN(S(=O)(=O)c3ccccc3)C2)N1. The van der Waals surface area contributed by atoms with Crippen LogP contribution in [-0.2, 0) is 19.6 Å². The fraction of sp³-hybridized carbons (Fsp3) is 0.333. The van der Waals surface area contributed by atoms with E-state index in [-0.39, 0.29) is 36.1 Å². The number of hydrogen-bond acceptors (Lipinski definition) is 4. The second kappa shape index (κ2) is 3.88. The Hall–Kier alpha value is -1.73. The Balaban J connectivity index is 1.81. The highest BCUT2D eigenvalue weighted by Gasteiger charge is 2.57. The fourth-order valence-electron chi connectivity index (χ4n) is 2.42. The molecule has 0 aliphatic carbocycles. The molecule has 6 nitrogen and oxygen atoms in total. The number of carbonyl (C=O) groups is 2. The highest BCUT2D eigenvalue weighted by atomic mass is 32.2. The predicted octanol–water partition coefficient (Wildman–Crippen LogP) is -0.481. The minimum Gasteiger partial charge on any atom is -0.341 e. The summed E-state index contributed by atoms with van der Waals surface area (Å²) in [6.45, 7) is 0.0452. The number of hydrogen-bond donors (Lipinski definition) is 1. The van der Waals surface area contributed by atoms with Gasteiger partial charge in [0.1, 0.15) is 5.54 Å². The van der Waals surface area contributed by atoms with Crippen LogP contribution >= 0.6 is 0 Å². The zero-order valence-corrected chi connectivity index (χ0v) is 10.8. The molecule has 0 saturated carbocycles. The molecule has 1 aromatic carbocycles. The van der Waals surface area contributed by atoms with Crippen LogP contribution in [0.4, 0.5) is 0 Å². The van der Waals surface area contributed by atoms with Crippen LogP contribution < -0.4 is 5.32 Å². The lowest BCUT2D eigenvalue weighted by molar-refractivity contribution is -0.126. The lowest BCUT2D eigenvalue weighted by Crippen LogP contribution is -2.71. The first kappa shape index (κ1) is 12.3. The first-order valence-corrected chi connectivity index (χ1v) is 7.28. The van der Waals surface area contributed by atoms with Gasteiger partial charge >= 0.3 is 0 Å². The third-order valence-electron chi connectivity index (χ3n) is 3.51. The molecule has 19 heavy (non-hydrogen) atoms. The molecule has 2 aliphatic heterocycles. The average Bonchev–Trinajstić information content (AvgIpc) is 2.63. The van der Waals surface area contributed by atoms with E-state index in [0.717, 1.165) is 0 Å². The summed E-state index contributed by atoms with van der Waals surface area (Å²) < 4.78 is 25.7. The summed E-state index contributed by atoms with van der Waals surface area (Å²) in [6, 6.07) is 8.04. The maximum atomic E-state index is 12.2. The standard InChI is InChI=1S/C12H12N2O4S/c15-10-6-11(16)13-12(10)7-14(8-12)19(17,18)9-4-2-1-3-5-9/h1-5H,6-8H2,(H,13,16). The van der Waals surface area contributed by atoms with E-state index >= 15 is 0 Å². The Morgan fingerprint density at radius 3 is 2.26 bits per heavy atom. The number of carbonyl (C=O) groups excluding carboxylic acids is 2. The van der Waals surface area contributed by atoms with Crippen LogP contribution in [0.15, 0.2) is 35.2 Å². The quantitative estimate of drug-likeness (QED) is 0.742. The van der Waals surface area contributed by atoms with Gasteiger partial charge in [-0.05, 0) is 12.1 Å². The van der Waals surface area contributed by atoms with Crippen LogP contribution in [-0.4, -0.2) is 43.0 Å². The zero-order chi connectivity index (χ0) is 13.7. The van der Waals surface area contributed by atoms with E-state index in [1.807, 2.05) is 0 Å². The molecule has 2 saturated heterocycles. The van der Waals surface area contributed by atoms with E-state index in [4.69, 9.17) is 0 Å². The summed E-state index contributed by atoms with van der Waals surface area (Å²) in [6.07, 6.45) is -0.154. The Morgan fingerprint density at radius 1 is 1.11 bits per heavy atom. The lowest BCUT2D eigenvalue weighted by Gasteiger charge is -2.45. The van der Waals surface area contributed by atoms with Gasteiger partial charge in [0.15, 0.2) is 5.78 Å². The maximum Gasteiger partial charge on any atom is 0.243 e. The minimum absolute atomic E-state index is 0.0226. The molecule has 1 N–H and O–H groups in total. The van der Waals surface area contributed by atoms with Gasteiger partial charge in [-0.1, -0.05) is 18.2 Å². The normalized spacial score (nSPS) is 22.3. The summed E-state index contributed by atoms with van der Waals surface area (Å²) in [4.78, 5) is 23.1. The summed E-state index contributed by atoms with van der Waals surface area (Å²) in [5, 5.41) is 2.58. The van der Waals surface area contributed by atoms with Crippen LogP contribution in [0, 0.1) is 0 Å². The van der Waals surface area contributed by atoms with E-state index in [2.05, 4.69) is 5.32 Å². The first-order valence-electron chi connectivity index (χ1n) is 5.84. The molecule has 0 bridgehead atoms. The largest absolute Gasteiger partial charge is 0.341 e. The molecule has 100 valence electrons. The third-order valence-corrected chi connectivity index (χ3v) is 5.31. The number of rotatable bonds is 2. The summed E-state index contributed by atoms with van der Waals surface area (Å²) in [5.74, 6) is -0.557. The summed E-state index contributed by atoms with van der Waals surface area (Å²) in [7, 11) is -3.58. The van der Waals surface area contributed by atoms with Crippen molar-refractivity contribution in [3.05, 3.63) is 30.3 Å². The predicted molar refractivity (Wildman–Crippen MR) is 65.7 cm³/mol. The smallest absolute Gasteiger partial charge is 0.243 e. The Morgan fingerprint density at radius 2 is 1.74 bits per heavy atom. The second-order valence-electron chi connectivity index (χ2n) is 4.82. The van der Waals surface area contributed by atoms with Crippen molar-refractivity contribution in [1.29, 1.82) is 0 Å². The number of Topliss-reactive ketones (excluding diaryl/α,β-unsaturated/α-hetero) is 1. The van der Waals surface area contributed by atoms with Crippen molar-refractivity contribution in [2.24, 2.45) is 0 Å². The molecule has 0 atom stereocenters. The summed E-state index contributed by atoms with van der Waals surface area (Å²) in [5.41, 5.74) is -0.987. The number of amides is 1. The third kappa shape index (κ3) is 1.77. The first-order chi connectivity index (χ1) is 8.94. The molecule has 0 unspecified atom stereocenters. The molecule has 2 fully saturated rings. The van der Waals surface area contributed by atoms with Gasteiger partial charge in [-0.3, -0.25) is 9.59 Å².